The molecule has 2 aliphatic rings. The standard InChI is InChI=1S/C27H27F2N3O/c28-22-11-7-20(8-12-22)24(21-9-13-23(29)14-10-21)4-3-15-31-16-18-32(19-17-31)26-6-2-1-5-25(26)30-27(32)33/h1-2,5-14,24H,3-4,15-19H2/p+1. The zero-order valence-corrected chi connectivity index (χ0v) is 18.5. The fraction of sp³-hybridized carbons (Fsp3) is 0.296. The number of rotatable bonds is 6. The van der Waals surface area contributed by atoms with Crippen molar-refractivity contribution in [1.29, 1.82) is 0 Å². The molecule has 4 nitrogen and oxygen atoms in total. The molecule has 1 saturated heterocycles. The molecule has 0 unspecified atom stereocenters. The molecule has 1 N–H and O–H groups in total. The first-order valence-corrected chi connectivity index (χ1v) is 11.6. The van der Waals surface area contributed by atoms with E-state index in [2.05, 4.69) is 16.3 Å². The summed E-state index contributed by atoms with van der Waals surface area (Å²) in [6.07, 6.45) is 1.85. The summed E-state index contributed by atoms with van der Waals surface area (Å²) in [7, 11) is 0. The molecule has 0 radical (unpaired) electrons. The topological polar surface area (TPSA) is 32.3 Å². The van der Waals surface area contributed by atoms with Crippen LogP contribution in [0.2, 0.25) is 0 Å². The van der Waals surface area contributed by atoms with E-state index in [0.717, 1.165) is 68.1 Å². The van der Waals surface area contributed by atoms with Crippen LogP contribution in [0, 0.1) is 11.6 Å². The molecule has 2 aliphatic heterocycles. The molecular weight excluding hydrogens is 420 g/mol. The first kappa shape index (κ1) is 21.7. The second-order valence-corrected chi connectivity index (χ2v) is 9.00. The van der Waals surface area contributed by atoms with E-state index >= 15 is 0 Å². The number of piperazine rings is 1. The summed E-state index contributed by atoms with van der Waals surface area (Å²) in [4.78, 5) is 15.2. The number of benzene rings is 3. The predicted octanol–water partition coefficient (Wildman–Crippen LogP) is 5.75. The van der Waals surface area contributed by atoms with E-state index in [0.29, 0.717) is 4.48 Å². The summed E-state index contributed by atoms with van der Waals surface area (Å²) < 4.78 is 27.3. The maximum absolute atomic E-state index is 13.5. The summed E-state index contributed by atoms with van der Waals surface area (Å²) >= 11 is 0. The van der Waals surface area contributed by atoms with Gasteiger partial charge in [-0.15, -0.1) is 0 Å². The monoisotopic (exact) mass is 448 g/mol. The van der Waals surface area contributed by atoms with Crippen LogP contribution in [0.15, 0.2) is 72.8 Å². The summed E-state index contributed by atoms with van der Waals surface area (Å²) in [5.41, 5.74) is 4.08. The number of hydrogen-bond donors (Lipinski definition) is 1. The number of amides is 2. The average molecular weight is 449 g/mol. The Bertz CT molecular complexity index is 1080. The van der Waals surface area contributed by atoms with E-state index in [1.54, 1.807) is 0 Å². The van der Waals surface area contributed by atoms with Gasteiger partial charge < -0.3 is 0 Å². The van der Waals surface area contributed by atoms with Crippen LogP contribution in [0.25, 0.3) is 0 Å². The van der Waals surface area contributed by atoms with E-state index in [1.807, 2.05) is 42.5 Å². The molecule has 0 aromatic heterocycles. The lowest BCUT2D eigenvalue weighted by Crippen LogP contribution is -2.62. The van der Waals surface area contributed by atoms with Crippen LogP contribution < -0.4 is 9.80 Å². The number of nitrogens with one attached hydrogen (secondary N) is 1. The largest absolute Gasteiger partial charge is 0.426 e. The highest BCUT2D eigenvalue weighted by Crippen LogP contribution is 2.39. The molecule has 1 spiro atoms. The maximum Gasteiger partial charge on any atom is 0.426 e. The molecule has 5 rings (SSSR count). The van der Waals surface area contributed by atoms with Crippen molar-refractivity contribution in [1.82, 2.24) is 9.38 Å². The van der Waals surface area contributed by atoms with Crippen LogP contribution in [0.4, 0.5) is 25.0 Å². The zero-order chi connectivity index (χ0) is 22.8. The molecule has 1 fully saturated rings. The number of carbonyl (C=O) groups is 1. The Labute approximate surface area is 193 Å². The highest BCUT2D eigenvalue weighted by Gasteiger charge is 2.48. The van der Waals surface area contributed by atoms with Crippen molar-refractivity contribution in [2.24, 2.45) is 0 Å². The minimum absolute atomic E-state index is 0.0727. The molecule has 0 aliphatic carbocycles. The molecule has 0 saturated carbocycles. The van der Waals surface area contributed by atoms with Gasteiger partial charge in [-0.3, -0.25) is 10.2 Å². The van der Waals surface area contributed by atoms with Crippen molar-refractivity contribution in [2.45, 2.75) is 18.8 Å². The summed E-state index contributed by atoms with van der Waals surface area (Å²) in [6, 6.07) is 21.3. The van der Waals surface area contributed by atoms with Gasteiger partial charge in [-0.1, -0.05) is 36.4 Å². The number of hydrogen-bond acceptors (Lipinski definition) is 2. The highest BCUT2D eigenvalue weighted by molar-refractivity contribution is 6.07. The number of nitrogens with zero attached hydrogens (tertiary/aromatic N) is 2. The van der Waals surface area contributed by atoms with Gasteiger partial charge in [-0.05, 0) is 60.8 Å². The van der Waals surface area contributed by atoms with E-state index in [1.165, 1.54) is 24.3 Å². The third-order valence-electron chi connectivity index (χ3n) is 7.10. The lowest BCUT2D eigenvalue weighted by molar-refractivity contribution is 0.150. The van der Waals surface area contributed by atoms with Crippen LogP contribution >= 0.6 is 0 Å². The Hall–Kier alpha value is -3.09. The quantitative estimate of drug-likeness (QED) is 0.488. The van der Waals surface area contributed by atoms with E-state index in [9.17, 15) is 13.6 Å². The first-order chi connectivity index (χ1) is 16.0. The van der Waals surface area contributed by atoms with E-state index in [4.69, 9.17) is 0 Å². The van der Waals surface area contributed by atoms with Gasteiger partial charge in [0.15, 0.2) is 5.69 Å². The summed E-state index contributed by atoms with van der Waals surface area (Å²) in [5.74, 6) is -0.422. The normalized spacial score (nSPS) is 17.4. The Morgan fingerprint density at radius 1 is 0.848 bits per heavy atom. The van der Waals surface area contributed by atoms with Crippen LogP contribution in [0.5, 0.6) is 0 Å². The zero-order valence-electron chi connectivity index (χ0n) is 18.5. The minimum Gasteiger partial charge on any atom is -0.292 e. The van der Waals surface area contributed by atoms with Gasteiger partial charge >= 0.3 is 6.03 Å². The number of urea groups is 1. The van der Waals surface area contributed by atoms with Crippen molar-refractivity contribution in [3.8, 4) is 0 Å². The summed E-state index contributed by atoms with van der Waals surface area (Å²) in [5, 5.41) is 3.04. The lowest BCUT2D eigenvalue weighted by Gasteiger charge is -2.39. The van der Waals surface area contributed by atoms with Crippen LogP contribution in [-0.2, 0) is 0 Å². The SMILES string of the molecule is O=C1Nc2ccccc2[N+]12CCN(CCCC(c1ccc(F)cc1)c1ccc(F)cc1)CC2. The fourth-order valence-corrected chi connectivity index (χ4v) is 5.23. The third-order valence-corrected chi connectivity index (χ3v) is 7.10. The minimum atomic E-state index is -0.255. The van der Waals surface area contributed by atoms with Crippen molar-refractivity contribution in [2.75, 3.05) is 38.0 Å². The van der Waals surface area contributed by atoms with Crippen LogP contribution in [0.1, 0.15) is 29.9 Å². The van der Waals surface area contributed by atoms with Gasteiger partial charge in [0.2, 0.25) is 0 Å². The lowest BCUT2D eigenvalue weighted by atomic mass is 9.87. The smallest absolute Gasteiger partial charge is 0.292 e. The number of anilines is 1. The number of carbonyl (C=O) groups excluding carboxylic acids is 1. The van der Waals surface area contributed by atoms with Gasteiger partial charge in [0, 0.05) is 25.1 Å². The van der Waals surface area contributed by atoms with E-state index in [-0.39, 0.29) is 23.6 Å². The second-order valence-electron chi connectivity index (χ2n) is 9.00. The van der Waals surface area contributed by atoms with Gasteiger partial charge in [0.25, 0.3) is 0 Å². The Balaban J connectivity index is 1.22. The van der Waals surface area contributed by atoms with Gasteiger partial charge in [-0.2, -0.15) is 0 Å². The Kier molecular flexibility index (Phi) is 5.96. The molecule has 3 aromatic carbocycles. The first-order valence-electron chi connectivity index (χ1n) is 11.6. The molecule has 2 amide bonds. The molecule has 6 heteroatoms. The van der Waals surface area contributed by atoms with Gasteiger partial charge in [0.05, 0.1) is 0 Å². The summed E-state index contributed by atoms with van der Waals surface area (Å²) in [6.45, 7) is 4.19. The second kappa shape index (κ2) is 9.04. The van der Waals surface area contributed by atoms with Crippen LogP contribution in [-0.4, -0.2) is 43.7 Å². The third kappa shape index (κ3) is 4.28. The van der Waals surface area contributed by atoms with Gasteiger partial charge in [-0.25, -0.2) is 18.1 Å². The van der Waals surface area contributed by atoms with Gasteiger partial charge in [0.1, 0.15) is 30.4 Å². The number of halogens is 2. The molecule has 33 heavy (non-hydrogen) atoms. The molecule has 170 valence electrons. The predicted molar refractivity (Wildman–Crippen MR) is 127 cm³/mol. The molecular formula is C27H28F2N3O+. The average Bonchev–Trinajstić information content (AvgIpc) is 3.10. The molecule has 0 bridgehead atoms. The van der Waals surface area contributed by atoms with E-state index < -0.39 is 0 Å². The van der Waals surface area contributed by atoms with Crippen molar-refractivity contribution < 1.29 is 13.6 Å². The Morgan fingerprint density at radius 3 is 2.03 bits per heavy atom. The Morgan fingerprint density at radius 2 is 1.42 bits per heavy atom. The molecule has 3 aromatic rings. The van der Waals surface area contributed by atoms with Crippen molar-refractivity contribution >= 4 is 17.4 Å². The highest BCUT2D eigenvalue weighted by atomic mass is 19.1. The fourth-order valence-electron chi connectivity index (χ4n) is 5.23. The van der Waals surface area contributed by atoms with Crippen molar-refractivity contribution in [3.63, 3.8) is 0 Å². The molecule has 2 heterocycles. The number of para-hydroxylation sites is 2. The van der Waals surface area contributed by atoms with Crippen LogP contribution in [0.3, 0.4) is 0 Å². The number of quaternary nitrogens is 1. The van der Waals surface area contributed by atoms with Crippen molar-refractivity contribution in [3.05, 3.63) is 95.6 Å². The molecule has 0 atom stereocenters. The number of fused-ring (bicyclic) bond motifs is 2. The maximum atomic E-state index is 13.5.